The van der Waals surface area contributed by atoms with Gasteiger partial charge in [-0.05, 0) is 47.5 Å². The van der Waals surface area contributed by atoms with Gasteiger partial charge >= 0.3 is 0 Å². The van der Waals surface area contributed by atoms with Crippen molar-refractivity contribution < 1.29 is 12.3 Å². The smallest absolute Gasteiger partial charge is 0.164 e. The number of fused-ring (bicyclic) bond motifs is 3. The third-order valence-corrected chi connectivity index (χ3v) is 7.27. The molecule has 6 aromatic carbocycles. The van der Waals surface area contributed by atoms with Gasteiger partial charge in [0.1, 0.15) is 0 Å². The molecule has 0 saturated heterocycles. The minimum atomic E-state index is -0.498. The van der Waals surface area contributed by atoms with Crippen LogP contribution in [0.1, 0.15) is 12.3 Å². The van der Waals surface area contributed by atoms with Crippen molar-refractivity contribution in [1.82, 2.24) is 19.5 Å². The summed E-state index contributed by atoms with van der Waals surface area (Å²) >= 11 is 0. The Labute approximate surface area is 262 Å². The molecule has 0 spiro atoms. The summed E-state index contributed by atoms with van der Waals surface area (Å²) in [7, 11) is 0. The Morgan fingerprint density at radius 3 is 1.58 bits per heavy atom. The first-order valence-electron chi connectivity index (χ1n) is 18.1. The topological polar surface area (TPSA) is 43.6 Å². The lowest BCUT2D eigenvalue weighted by atomic mass is 10.0. The van der Waals surface area contributed by atoms with Crippen LogP contribution in [-0.4, -0.2) is 19.5 Å². The van der Waals surface area contributed by atoms with Crippen molar-refractivity contribution in [3.8, 4) is 51.0 Å². The van der Waals surface area contributed by atoms with Crippen molar-refractivity contribution in [2.75, 3.05) is 0 Å². The molecule has 0 fully saturated rings. The van der Waals surface area contributed by atoms with E-state index in [4.69, 9.17) is 27.3 Å². The summed E-state index contributed by atoms with van der Waals surface area (Å²) in [6, 6.07) is 28.1. The van der Waals surface area contributed by atoms with Gasteiger partial charge in [0, 0.05) is 33.2 Å². The molecular weight excluding hydrogens is 524 g/mol. The number of hydrogen-bond acceptors (Lipinski definition) is 3. The maximum Gasteiger partial charge on any atom is 0.164 e. The van der Waals surface area contributed by atoms with E-state index >= 15 is 0 Å². The summed E-state index contributed by atoms with van der Waals surface area (Å²) in [5, 5.41) is 0.815. The van der Waals surface area contributed by atoms with E-state index in [1.165, 1.54) is 0 Å². The summed E-state index contributed by atoms with van der Waals surface area (Å²) in [6.07, 6.45) is 0. The molecule has 43 heavy (non-hydrogen) atoms. The summed E-state index contributed by atoms with van der Waals surface area (Å²) in [4.78, 5) is 14.4. The van der Waals surface area contributed by atoms with Gasteiger partial charge in [0.15, 0.2) is 17.5 Å². The van der Waals surface area contributed by atoms with Crippen LogP contribution in [0, 0.1) is 0 Å². The zero-order chi connectivity index (χ0) is 36.4. The second kappa shape index (κ2) is 10.5. The van der Waals surface area contributed by atoms with E-state index in [1.807, 2.05) is 72.8 Å². The zero-order valence-electron chi connectivity index (χ0n) is 31.6. The average Bonchev–Trinajstić information content (AvgIpc) is 3.53. The Morgan fingerprint density at radius 1 is 0.419 bits per heavy atom. The van der Waals surface area contributed by atoms with Crippen LogP contribution in [0.4, 0.5) is 0 Å². The second-order valence-electron chi connectivity index (χ2n) is 9.88. The van der Waals surface area contributed by atoms with Crippen LogP contribution in [0.2, 0.25) is 0 Å². The van der Waals surface area contributed by atoms with Crippen molar-refractivity contribution in [2.24, 2.45) is 0 Å². The lowest BCUT2D eigenvalue weighted by molar-refractivity contribution is 1.07. The highest BCUT2D eigenvalue weighted by Crippen LogP contribution is 2.35. The third kappa shape index (κ3) is 4.55. The highest BCUT2D eigenvalue weighted by Gasteiger charge is 2.15. The fraction of sp³-hybridized carbons (Fsp3) is 0. The second-order valence-corrected chi connectivity index (χ2v) is 9.88. The third-order valence-electron chi connectivity index (χ3n) is 7.27. The Hall–Kier alpha value is -5.87. The van der Waals surface area contributed by atoms with Gasteiger partial charge in [0.2, 0.25) is 0 Å². The first-order chi connectivity index (χ1) is 25.0. The number of nitrogens with zero attached hydrogens (tertiary/aromatic N) is 4. The average molecular weight is 560 g/mol. The summed E-state index contributed by atoms with van der Waals surface area (Å²) in [6.45, 7) is 0. The minimum Gasteiger partial charge on any atom is -0.309 e. The fourth-order valence-electron chi connectivity index (χ4n) is 5.23. The van der Waals surface area contributed by atoms with E-state index in [2.05, 4.69) is 0 Å². The molecule has 0 N–H and O–H groups in total. The molecule has 0 bridgehead atoms. The summed E-state index contributed by atoms with van der Waals surface area (Å²) in [5.41, 5.74) is 3.96. The standard InChI is InChI=1S/C39H26N4/c1-4-12-27(13-5-1)31-22-25-34-33-18-10-11-19-35(33)43(36(34)26-31)32-23-20-30(21-24-32)39-41-37(28-14-6-2-7-15-28)40-38(42-39)29-16-8-3-9-17-29/h1-26H/i1D,4D,5D,10D,11D,12D,13D,18D,19D. The van der Waals surface area contributed by atoms with Crippen molar-refractivity contribution >= 4 is 21.8 Å². The van der Waals surface area contributed by atoms with Crippen LogP contribution < -0.4 is 0 Å². The van der Waals surface area contributed by atoms with Crippen LogP contribution in [0.15, 0.2) is 158 Å². The van der Waals surface area contributed by atoms with Crippen LogP contribution in [0.5, 0.6) is 0 Å². The molecule has 8 rings (SSSR count). The predicted octanol–water partition coefficient (Wildman–Crippen LogP) is 9.64. The molecule has 4 nitrogen and oxygen atoms in total. The molecule has 0 amide bonds. The molecule has 0 aliphatic heterocycles. The van der Waals surface area contributed by atoms with Crippen molar-refractivity contribution in [2.45, 2.75) is 0 Å². The molecule has 8 aromatic rings. The maximum atomic E-state index is 8.93. The van der Waals surface area contributed by atoms with Gasteiger partial charge < -0.3 is 4.57 Å². The Kier molecular flexibility index (Phi) is 4.20. The summed E-state index contributed by atoms with van der Waals surface area (Å²) in [5.74, 6) is 1.45. The molecule has 0 aliphatic rings. The van der Waals surface area contributed by atoms with Crippen LogP contribution in [-0.2, 0) is 0 Å². The Bertz CT molecular complexity index is 2630. The fourth-order valence-corrected chi connectivity index (χ4v) is 5.23. The largest absolute Gasteiger partial charge is 0.309 e. The predicted molar refractivity (Wildman–Crippen MR) is 176 cm³/mol. The van der Waals surface area contributed by atoms with E-state index in [9.17, 15) is 0 Å². The first kappa shape index (κ1) is 17.2. The molecular formula is C39H26N4. The Morgan fingerprint density at radius 2 is 0.953 bits per heavy atom. The zero-order valence-corrected chi connectivity index (χ0v) is 22.6. The maximum absolute atomic E-state index is 8.93. The number of para-hydroxylation sites is 1. The van der Waals surface area contributed by atoms with Crippen LogP contribution >= 0.6 is 0 Å². The van der Waals surface area contributed by atoms with Gasteiger partial charge in [0.25, 0.3) is 0 Å². The van der Waals surface area contributed by atoms with Gasteiger partial charge in [-0.3, -0.25) is 0 Å². The normalized spacial score (nSPS) is 14.2. The van der Waals surface area contributed by atoms with Gasteiger partial charge in [-0.2, -0.15) is 0 Å². The highest BCUT2D eigenvalue weighted by atomic mass is 15.0. The van der Waals surface area contributed by atoms with E-state index in [1.54, 1.807) is 34.9 Å². The Balaban J connectivity index is 1.35. The molecule has 0 saturated carbocycles. The van der Waals surface area contributed by atoms with Gasteiger partial charge in [-0.1, -0.05) is 121 Å². The SMILES string of the molecule is [2H]c1c([2H])c([2H])c(-c2ccc3c4c([2H])c([2H])c([2H])c([2H])c4n(-c4ccc(-c5nc(-c6ccccc6)nc(-c6ccccc6)n5)cc4)c3c2)c([2H])c1[2H]. The first-order valence-corrected chi connectivity index (χ1v) is 13.6. The minimum absolute atomic E-state index is 0.0119. The van der Waals surface area contributed by atoms with E-state index in [-0.39, 0.29) is 41.3 Å². The molecule has 4 heteroatoms. The van der Waals surface area contributed by atoms with Crippen molar-refractivity contribution in [3.05, 3.63) is 158 Å². The molecule has 2 heterocycles. The number of rotatable bonds is 5. The molecule has 0 atom stereocenters. The van der Waals surface area contributed by atoms with E-state index in [0.717, 1.165) is 11.1 Å². The number of aromatic nitrogens is 4. The van der Waals surface area contributed by atoms with E-state index in [0.29, 0.717) is 50.6 Å². The quantitative estimate of drug-likeness (QED) is 0.211. The lowest BCUT2D eigenvalue weighted by Crippen LogP contribution is -2.00. The number of benzene rings is 6. The van der Waals surface area contributed by atoms with Crippen molar-refractivity contribution in [3.63, 3.8) is 0 Å². The van der Waals surface area contributed by atoms with E-state index < -0.39 is 24.2 Å². The molecule has 0 aliphatic carbocycles. The van der Waals surface area contributed by atoms with Gasteiger partial charge in [-0.15, -0.1) is 0 Å². The molecule has 202 valence electrons. The molecule has 0 unspecified atom stereocenters. The number of hydrogen-bond donors (Lipinski definition) is 0. The van der Waals surface area contributed by atoms with Crippen molar-refractivity contribution in [1.29, 1.82) is 0 Å². The monoisotopic (exact) mass is 559 g/mol. The van der Waals surface area contributed by atoms with Gasteiger partial charge in [-0.25, -0.2) is 15.0 Å². The lowest BCUT2D eigenvalue weighted by Gasteiger charge is -2.11. The van der Waals surface area contributed by atoms with Crippen LogP contribution in [0.25, 0.3) is 72.8 Å². The summed E-state index contributed by atoms with van der Waals surface area (Å²) < 4.78 is 78.0. The van der Waals surface area contributed by atoms with Crippen LogP contribution in [0.3, 0.4) is 0 Å². The van der Waals surface area contributed by atoms with Gasteiger partial charge in [0.05, 0.1) is 23.4 Å². The highest BCUT2D eigenvalue weighted by molar-refractivity contribution is 6.10. The molecule has 2 aromatic heterocycles. The molecule has 0 radical (unpaired) electrons.